The number of pyridine rings is 2. The minimum Gasteiger partial charge on any atom is -0.421 e. The third-order valence-corrected chi connectivity index (χ3v) is 6.33. The zero-order valence-corrected chi connectivity index (χ0v) is 20.3. The van der Waals surface area contributed by atoms with Crippen molar-refractivity contribution in [2.75, 3.05) is 10.6 Å². The van der Waals surface area contributed by atoms with Crippen LogP contribution in [0.1, 0.15) is 11.3 Å². The monoisotopic (exact) mass is 489 g/mol. The van der Waals surface area contributed by atoms with Crippen LogP contribution in [0.3, 0.4) is 0 Å². The number of hydrogen-bond acceptors (Lipinski definition) is 7. The molecule has 1 amide bonds. The van der Waals surface area contributed by atoms with Crippen molar-refractivity contribution < 1.29 is 9.53 Å². The topological polar surface area (TPSA) is 107 Å². The Labute approximate surface area is 212 Å². The van der Waals surface area contributed by atoms with Gasteiger partial charge in [0.15, 0.2) is 0 Å². The number of rotatable bonds is 5. The standard InChI is InChI=1S/C28H23N7O2/c1-4-21(36)34-19-10-8-17(9-11-19)26-24-20-14-29-23(37-22-7-5-6-16(2)33-22)12-18(20)13-30-27-25(24)28(35(26)3)32-15-31-27/h4-12,14-15H,1,13H2,2-3H3,(H,34,36)(H,30,31,32). The fraction of sp³-hybridized carbons (Fsp3) is 0.107. The fourth-order valence-electron chi connectivity index (χ4n) is 4.66. The molecule has 0 aliphatic carbocycles. The van der Waals surface area contributed by atoms with E-state index in [2.05, 4.69) is 41.7 Å². The Balaban J connectivity index is 1.48. The van der Waals surface area contributed by atoms with Crippen molar-refractivity contribution in [1.29, 1.82) is 0 Å². The molecule has 0 spiro atoms. The first-order chi connectivity index (χ1) is 18.0. The van der Waals surface area contributed by atoms with Crippen LogP contribution < -0.4 is 15.4 Å². The summed E-state index contributed by atoms with van der Waals surface area (Å²) in [6, 6.07) is 15.2. The van der Waals surface area contributed by atoms with Crippen LogP contribution in [0.2, 0.25) is 0 Å². The molecule has 2 N–H and O–H groups in total. The maximum Gasteiger partial charge on any atom is 0.247 e. The van der Waals surface area contributed by atoms with Gasteiger partial charge in [0.2, 0.25) is 17.7 Å². The molecule has 0 saturated heterocycles. The van der Waals surface area contributed by atoms with Gasteiger partial charge in [-0.3, -0.25) is 4.79 Å². The summed E-state index contributed by atoms with van der Waals surface area (Å²) in [4.78, 5) is 29.9. The summed E-state index contributed by atoms with van der Waals surface area (Å²) in [6.45, 7) is 5.97. The summed E-state index contributed by atoms with van der Waals surface area (Å²) in [5.74, 6) is 1.46. The van der Waals surface area contributed by atoms with Gasteiger partial charge in [0.25, 0.3) is 0 Å². The predicted molar refractivity (Wildman–Crippen MR) is 142 cm³/mol. The van der Waals surface area contributed by atoms with Crippen LogP contribution in [0.5, 0.6) is 11.8 Å². The summed E-state index contributed by atoms with van der Waals surface area (Å²) in [6.07, 6.45) is 4.65. The number of nitrogens with one attached hydrogen (secondary N) is 2. The zero-order chi connectivity index (χ0) is 25.5. The Kier molecular flexibility index (Phi) is 5.37. The molecule has 4 aromatic heterocycles. The van der Waals surface area contributed by atoms with Gasteiger partial charge in [-0.25, -0.2) is 19.9 Å². The molecule has 0 bridgehead atoms. The van der Waals surface area contributed by atoms with Gasteiger partial charge < -0.3 is 19.9 Å². The Morgan fingerprint density at radius 3 is 2.76 bits per heavy atom. The molecular formula is C28H23N7O2. The molecule has 1 aromatic carbocycles. The second-order valence-electron chi connectivity index (χ2n) is 8.73. The first-order valence-corrected chi connectivity index (χ1v) is 11.7. The first kappa shape index (κ1) is 22.4. The van der Waals surface area contributed by atoms with Crippen LogP contribution in [0.4, 0.5) is 11.5 Å². The van der Waals surface area contributed by atoms with Crippen LogP contribution in [-0.4, -0.2) is 30.4 Å². The van der Waals surface area contributed by atoms with Crippen molar-refractivity contribution in [2.45, 2.75) is 13.5 Å². The van der Waals surface area contributed by atoms with Crippen LogP contribution in [0.15, 0.2) is 73.7 Å². The Morgan fingerprint density at radius 1 is 1.14 bits per heavy atom. The van der Waals surface area contributed by atoms with E-state index in [1.807, 2.05) is 68.7 Å². The second kappa shape index (κ2) is 8.87. The van der Waals surface area contributed by atoms with Crippen molar-refractivity contribution in [2.24, 2.45) is 7.05 Å². The highest BCUT2D eigenvalue weighted by Crippen LogP contribution is 2.45. The number of amides is 1. The molecule has 182 valence electrons. The summed E-state index contributed by atoms with van der Waals surface area (Å²) in [5.41, 5.74) is 7.28. The Hall–Kier alpha value is -5.05. The van der Waals surface area contributed by atoms with Crippen LogP contribution in [-0.2, 0) is 18.4 Å². The molecule has 9 nitrogen and oxygen atoms in total. The molecule has 6 rings (SSSR count). The van der Waals surface area contributed by atoms with Gasteiger partial charge in [-0.2, -0.15) is 0 Å². The van der Waals surface area contributed by atoms with E-state index in [9.17, 15) is 4.79 Å². The molecule has 0 unspecified atom stereocenters. The first-order valence-electron chi connectivity index (χ1n) is 11.7. The molecule has 0 saturated carbocycles. The van der Waals surface area contributed by atoms with E-state index in [-0.39, 0.29) is 5.91 Å². The third-order valence-electron chi connectivity index (χ3n) is 6.33. The molecule has 1 aliphatic rings. The number of carbonyl (C=O) groups is 1. The van der Waals surface area contributed by atoms with E-state index in [4.69, 9.17) is 4.74 Å². The fourth-order valence-corrected chi connectivity index (χ4v) is 4.66. The van der Waals surface area contributed by atoms with Crippen molar-refractivity contribution in [1.82, 2.24) is 24.5 Å². The van der Waals surface area contributed by atoms with Crippen LogP contribution >= 0.6 is 0 Å². The minimum atomic E-state index is -0.256. The number of anilines is 2. The maximum atomic E-state index is 11.7. The minimum absolute atomic E-state index is 0.256. The van der Waals surface area contributed by atoms with E-state index >= 15 is 0 Å². The van der Waals surface area contributed by atoms with Crippen molar-refractivity contribution in [3.8, 4) is 34.1 Å². The van der Waals surface area contributed by atoms with Gasteiger partial charge in [-0.15, -0.1) is 0 Å². The second-order valence-corrected chi connectivity index (χ2v) is 8.73. The number of nitrogens with zero attached hydrogens (tertiary/aromatic N) is 5. The van der Waals surface area contributed by atoms with Crippen LogP contribution in [0.25, 0.3) is 33.4 Å². The lowest BCUT2D eigenvalue weighted by molar-refractivity contribution is -0.111. The van der Waals surface area contributed by atoms with E-state index in [1.165, 1.54) is 6.08 Å². The summed E-state index contributed by atoms with van der Waals surface area (Å²) >= 11 is 0. The number of fused-ring (bicyclic) bond motifs is 2. The van der Waals surface area contributed by atoms with Gasteiger partial charge in [0, 0.05) is 54.4 Å². The zero-order valence-electron chi connectivity index (χ0n) is 20.3. The Morgan fingerprint density at radius 2 is 1.97 bits per heavy atom. The molecule has 0 fully saturated rings. The van der Waals surface area contributed by atoms with Gasteiger partial charge in [-0.05, 0) is 42.3 Å². The van der Waals surface area contributed by atoms with Crippen molar-refractivity contribution in [3.05, 3.63) is 85.0 Å². The van der Waals surface area contributed by atoms with E-state index in [0.29, 0.717) is 24.0 Å². The molecular weight excluding hydrogens is 466 g/mol. The largest absolute Gasteiger partial charge is 0.421 e. The highest BCUT2D eigenvalue weighted by atomic mass is 16.5. The number of carbonyl (C=O) groups excluding carboxylic acids is 1. The molecule has 9 heteroatoms. The SMILES string of the molecule is C=CC(=O)Nc1ccc(-c2c3c4c(ncnc4n2C)NCc2cc(Oc4cccc(C)n4)ncc2-3)cc1. The smallest absolute Gasteiger partial charge is 0.247 e. The molecule has 1 aliphatic heterocycles. The molecule has 5 heterocycles. The summed E-state index contributed by atoms with van der Waals surface area (Å²) in [7, 11) is 1.99. The van der Waals surface area contributed by atoms with Crippen molar-refractivity contribution >= 4 is 28.4 Å². The van der Waals surface area contributed by atoms with Gasteiger partial charge in [0.1, 0.15) is 17.8 Å². The lowest BCUT2D eigenvalue weighted by Crippen LogP contribution is -2.07. The number of ether oxygens (including phenoxy) is 1. The predicted octanol–water partition coefficient (Wildman–Crippen LogP) is 5.24. The number of aryl methyl sites for hydroxylation is 2. The average molecular weight is 490 g/mol. The molecule has 5 aromatic rings. The molecule has 0 radical (unpaired) electrons. The van der Waals surface area contributed by atoms with Crippen molar-refractivity contribution in [3.63, 3.8) is 0 Å². The summed E-state index contributed by atoms with van der Waals surface area (Å²) < 4.78 is 8.03. The molecule has 0 atom stereocenters. The van der Waals surface area contributed by atoms with Gasteiger partial charge in [0.05, 0.1) is 11.1 Å². The highest BCUT2D eigenvalue weighted by Gasteiger charge is 2.27. The third kappa shape index (κ3) is 3.96. The number of benzene rings is 1. The number of hydrogen-bond donors (Lipinski definition) is 2. The number of aromatic nitrogens is 5. The lowest BCUT2D eigenvalue weighted by atomic mass is 9.97. The molecule has 37 heavy (non-hydrogen) atoms. The van der Waals surface area contributed by atoms with Gasteiger partial charge in [-0.1, -0.05) is 24.8 Å². The van der Waals surface area contributed by atoms with E-state index < -0.39 is 0 Å². The highest BCUT2D eigenvalue weighted by molar-refractivity contribution is 6.09. The Bertz CT molecular complexity index is 1690. The quantitative estimate of drug-likeness (QED) is 0.325. The normalized spacial score (nSPS) is 11.8. The van der Waals surface area contributed by atoms with E-state index in [0.717, 1.165) is 50.5 Å². The van der Waals surface area contributed by atoms with Gasteiger partial charge >= 0.3 is 0 Å². The van der Waals surface area contributed by atoms with Crippen LogP contribution in [0, 0.1) is 6.92 Å². The average Bonchev–Trinajstić information content (AvgIpc) is 3.10. The van der Waals surface area contributed by atoms with E-state index in [1.54, 1.807) is 6.33 Å². The summed E-state index contributed by atoms with van der Waals surface area (Å²) in [5, 5.41) is 7.17. The maximum absolute atomic E-state index is 11.7. The lowest BCUT2D eigenvalue weighted by Gasteiger charge is -2.13.